The number of fused-ring (bicyclic) bond motifs is 1. The number of carbonyl (C=O) groups excluding carboxylic acids is 2. The molecule has 178 valence electrons. The van der Waals surface area contributed by atoms with Crippen LogP contribution in [0.5, 0.6) is 0 Å². The zero-order chi connectivity index (χ0) is 24.8. The van der Waals surface area contributed by atoms with E-state index in [9.17, 15) is 9.59 Å². The van der Waals surface area contributed by atoms with E-state index >= 15 is 0 Å². The van der Waals surface area contributed by atoms with Gasteiger partial charge in [-0.05, 0) is 49.2 Å². The van der Waals surface area contributed by atoms with Crippen molar-refractivity contribution in [1.29, 1.82) is 0 Å². The summed E-state index contributed by atoms with van der Waals surface area (Å²) in [7, 11) is 0. The predicted molar refractivity (Wildman–Crippen MR) is 148 cm³/mol. The van der Waals surface area contributed by atoms with E-state index < -0.39 is 0 Å². The average molecular weight is 509 g/mol. The van der Waals surface area contributed by atoms with Gasteiger partial charge in [0, 0.05) is 22.8 Å². The molecular formula is C30H24N2O2S2. The Balaban J connectivity index is 1.51. The Labute approximate surface area is 218 Å². The monoisotopic (exact) mass is 508 g/mol. The fraction of sp³-hybridized carbons (Fsp3) is 0.133. The molecule has 0 bridgehead atoms. The van der Waals surface area contributed by atoms with Crippen LogP contribution in [0.4, 0.5) is 0 Å². The maximum atomic E-state index is 13.8. The molecule has 0 saturated heterocycles. The largest absolute Gasteiger partial charge is 0.306 e. The molecule has 0 atom stereocenters. The first-order valence-corrected chi connectivity index (χ1v) is 13.7. The fourth-order valence-electron chi connectivity index (χ4n) is 4.96. The van der Waals surface area contributed by atoms with Gasteiger partial charge < -0.3 is 9.80 Å². The van der Waals surface area contributed by atoms with Crippen molar-refractivity contribution in [1.82, 2.24) is 9.80 Å². The quantitative estimate of drug-likeness (QED) is 0.282. The molecule has 4 heterocycles. The van der Waals surface area contributed by atoms with Crippen LogP contribution in [-0.4, -0.2) is 34.7 Å². The molecule has 2 amide bonds. The first-order valence-electron chi connectivity index (χ1n) is 12.1. The van der Waals surface area contributed by atoms with E-state index in [4.69, 9.17) is 0 Å². The first-order chi connectivity index (χ1) is 17.6. The van der Waals surface area contributed by atoms with Crippen LogP contribution in [0.2, 0.25) is 0 Å². The minimum Gasteiger partial charge on any atom is -0.306 e. The second kappa shape index (κ2) is 9.04. The highest BCUT2D eigenvalue weighted by Crippen LogP contribution is 2.49. The molecule has 4 nitrogen and oxygen atoms in total. The van der Waals surface area contributed by atoms with Gasteiger partial charge >= 0.3 is 0 Å². The van der Waals surface area contributed by atoms with Gasteiger partial charge in [0.25, 0.3) is 11.8 Å². The second-order valence-corrected chi connectivity index (χ2v) is 10.8. The first kappa shape index (κ1) is 22.7. The van der Waals surface area contributed by atoms with Gasteiger partial charge in [-0.2, -0.15) is 0 Å². The van der Waals surface area contributed by atoms with Crippen molar-refractivity contribution < 1.29 is 9.59 Å². The SMILES string of the molecule is CCN1C(=O)C2=C(c3ccc(-c4ccccc4)s3)N(CC)C(=O)C2=C1c1ccc(-c2ccccc2)s1. The van der Waals surface area contributed by atoms with Crippen LogP contribution in [0.15, 0.2) is 96.1 Å². The third-order valence-corrected chi connectivity index (χ3v) is 8.89. The molecule has 2 aromatic heterocycles. The number of hydrogen-bond acceptors (Lipinski definition) is 4. The molecule has 0 aliphatic carbocycles. The summed E-state index contributed by atoms with van der Waals surface area (Å²) in [5.41, 5.74) is 4.81. The summed E-state index contributed by atoms with van der Waals surface area (Å²) in [5, 5.41) is 0. The van der Waals surface area contributed by atoms with E-state index in [1.165, 1.54) is 0 Å². The summed E-state index contributed by atoms with van der Waals surface area (Å²) in [6.45, 7) is 4.94. The van der Waals surface area contributed by atoms with Crippen molar-refractivity contribution in [3.8, 4) is 20.9 Å². The molecule has 0 unspecified atom stereocenters. The van der Waals surface area contributed by atoms with Crippen LogP contribution >= 0.6 is 22.7 Å². The molecule has 2 aliphatic heterocycles. The van der Waals surface area contributed by atoms with Gasteiger partial charge in [-0.1, -0.05) is 60.7 Å². The lowest BCUT2D eigenvalue weighted by molar-refractivity contribution is -0.124. The molecule has 0 N–H and O–H groups in total. The topological polar surface area (TPSA) is 40.6 Å². The second-order valence-electron chi connectivity index (χ2n) is 8.61. The third kappa shape index (κ3) is 3.48. The molecular weight excluding hydrogens is 484 g/mol. The molecule has 0 spiro atoms. The molecule has 0 saturated carbocycles. The Kier molecular flexibility index (Phi) is 5.70. The Morgan fingerprint density at radius 3 is 1.25 bits per heavy atom. The van der Waals surface area contributed by atoms with E-state index in [1.54, 1.807) is 32.5 Å². The highest BCUT2D eigenvalue weighted by molar-refractivity contribution is 7.17. The van der Waals surface area contributed by atoms with Gasteiger partial charge in [0.15, 0.2) is 0 Å². The van der Waals surface area contributed by atoms with Crippen molar-refractivity contribution in [3.63, 3.8) is 0 Å². The van der Waals surface area contributed by atoms with Gasteiger partial charge in [0.05, 0.1) is 32.3 Å². The summed E-state index contributed by atoms with van der Waals surface area (Å²) >= 11 is 3.24. The van der Waals surface area contributed by atoms with Gasteiger partial charge in [0.2, 0.25) is 0 Å². The minimum absolute atomic E-state index is 0.0916. The number of benzene rings is 2. The van der Waals surface area contributed by atoms with Gasteiger partial charge in [-0.25, -0.2) is 0 Å². The fourth-order valence-corrected chi connectivity index (χ4v) is 7.10. The standard InChI is InChI=1S/C30H24N2O2S2/c1-3-31-27(23-17-15-21(35-23)19-11-7-5-8-12-19)25-26(29(31)33)28(32(4-2)30(25)34)24-18-16-22(36-24)20-13-9-6-10-14-20/h5-18H,3-4H2,1-2H3. The molecule has 0 radical (unpaired) electrons. The Morgan fingerprint density at radius 2 is 0.889 bits per heavy atom. The number of rotatable bonds is 6. The summed E-state index contributed by atoms with van der Waals surface area (Å²) < 4.78 is 0. The van der Waals surface area contributed by atoms with Crippen molar-refractivity contribution in [2.24, 2.45) is 0 Å². The minimum atomic E-state index is -0.0916. The van der Waals surface area contributed by atoms with Crippen molar-refractivity contribution in [2.75, 3.05) is 13.1 Å². The van der Waals surface area contributed by atoms with Crippen molar-refractivity contribution in [3.05, 3.63) is 106 Å². The van der Waals surface area contributed by atoms with Crippen LogP contribution in [-0.2, 0) is 9.59 Å². The molecule has 36 heavy (non-hydrogen) atoms. The number of thiophene rings is 2. The van der Waals surface area contributed by atoms with E-state index in [0.717, 1.165) is 42.0 Å². The lowest BCUT2D eigenvalue weighted by Crippen LogP contribution is -2.29. The number of carbonyl (C=O) groups is 2. The third-order valence-electron chi connectivity index (χ3n) is 6.61. The van der Waals surface area contributed by atoms with Gasteiger partial charge in [0.1, 0.15) is 0 Å². The Morgan fingerprint density at radius 1 is 0.528 bits per heavy atom. The number of hydrogen-bond donors (Lipinski definition) is 0. The number of nitrogens with zero attached hydrogens (tertiary/aromatic N) is 2. The normalized spacial score (nSPS) is 15.5. The molecule has 0 fully saturated rings. The molecule has 6 heteroatoms. The molecule has 2 aliphatic rings. The highest BCUT2D eigenvalue weighted by atomic mass is 32.1. The molecule has 6 rings (SSSR count). The van der Waals surface area contributed by atoms with Crippen molar-refractivity contribution >= 4 is 45.9 Å². The maximum Gasteiger partial charge on any atom is 0.261 e. The lowest BCUT2D eigenvalue weighted by Gasteiger charge is -2.22. The lowest BCUT2D eigenvalue weighted by atomic mass is 10.1. The summed E-state index contributed by atoms with van der Waals surface area (Å²) in [5.74, 6) is -0.183. The molecule has 4 aromatic rings. The van der Waals surface area contributed by atoms with E-state index in [-0.39, 0.29) is 11.8 Å². The average Bonchev–Trinajstić information content (AvgIpc) is 3.69. The van der Waals surface area contributed by atoms with Crippen LogP contribution in [0, 0.1) is 0 Å². The van der Waals surface area contributed by atoms with E-state index in [0.29, 0.717) is 24.2 Å². The van der Waals surface area contributed by atoms with Crippen LogP contribution in [0.1, 0.15) is 23.6 Å². The smallest absolute Gasteiger partial charge is 0.261 e. The van der Waals surface area contributed by atoms with Crippen molar-refractivity contribution in [2.45, 2.75) is 13.8 Å². The van der Waals surface area contributed by atoms with E-state index in [2.05, 4.69) is 36.4 Å². The summed E-state index contributed by atoms with van der Waals surface area (Å²) in [6.07, 6.45) is 0. The van der Waals surface area contributed by atoms with Gasteiger partial charge in [-0.3, -0.25) is 9.59 Å². The van der Waals surface area contributed by atoms with Gasteiger partial charge in [-0.15, -0.1) is 22.7 Å². The Bertz CT molecular complexity index is 1430. The summed E-state index contributed by atoms with van der Waals surface area (Å²) in [6, 6.07) is 28.6. The Hall–Kier alpha value is -3.74. The summed E-state index contributed by atoms with van der Waals surface area (Å²) in [4.78, 5) is 35.2. The number of amides is 2. The van der Waals surface area contributed by atoms with Crippen LogP contribution in [0.25, 0.3) is 32.3 Å². The predicted octanol–water partition coefficient (Wildman–Crippen LogP) is 6.99. The zero-order valence-corrected chi connectivity index (χ0v) is 21.7. The number of likely N-dealkylation sites (N-methyl/N-ethyl adjacent to an activating group) is 2. The zero-order valence-electron chi connectivity index (χ0n) is 20.0. The van der Waals surface area contributed by atoms with Crippen LogP contribution in [0.3, 0.4) is 0 Å². The van der Waals surface area contributed by atoms with Crippen LogP contribution < -0.4 is 0 Å². The molecule has 2 aromatic carbocycles. The van der Waals surface area contributed by atoms with E-state index in [1.807, 2.05) is 62.4 Å². The maximum absolute atomic E-state index is 13.8. The highest BCUT2D eigenvalue weighted by Gasteiger charge is 2.48.